The minimum atomic E-state index is -4.40. The third kappa shape index (κ3) is 5.26. The maximum Gasteiger partial charge on any atom is 0.422 e. The van der Waals surface area contributed by atoms with Crippen LogP contribution < -0.4 is 15.4 Å². The average Bonchev–Trinajstić information content (AvgIpc) is 3.00. The van der Waals surface area contributed by atoms with Gasteiger partial charge in [-0.1, -0.05) is 0 Å². The van der Waals surface area contributed by atoms with Crippen LogP contribution in [-0.4, -0.2) is 61.2 Å². The van der Waals surface area contributed by atoms with E-state index in [9.17, 15) is 18.0 Å². The normalized spacial score (nSPS) is 23.1. The molecule has 1 amide bonds. The molecule has 1 atom stereocenters. The van der Waals surface area contributed by atoms with E-state index in [1.54, 1.807) is 13.1 Å². The molecule has 2 aliphatic heterocycles. The highest BCUT2D eigenvalue weighted by atomic mass is 19.4. The summed E-state index contributed by atoms with van der Waals surface area (Å²) in [6.07, 6.45) is -0.482. The largest absolute Gasteiger partial charge is 0.468 e. The second-order valence-corrected chi connectivity index (χ2v) is 7.29. The molecule has 1 spiro atoms. The van der Waals surface area contributed by atoms with E-state index in [2.05, 4.69) is 25.5 Å². The predicted octanol–water partition coefficient (Wildman–Crippen LogP) is 1.70. The number of ether oxygens (including phenoxy) is 1. The number of guanidine groups is 1. The summed E-state index contributed by atoms with van der Waals surface area (Å²) < 4.78 is 41.5. The molecule has 0 aromatic carbocycles. The first-order chi connectivity index (χ1) is 13.3. The van der Waals surface area contributed by atoms with Gasteiger partial charge in [-0.15, -0.1) is 0 Å². The van der Waals surface area contributed by atoms with Gasteiger partial charge in [0.2, 0.25) is 11.8 Å². The van der Waals surface area contributed by atoms with Gasteiger partial charge in [-0.2, -0.15) is 13.2 Å². The molecule has 2 saturated heterocycles. The van der Waals surface area contributed by atoms with Gasteiger partial charge in [-0.25, -0.2) is 4.98 Å². The van der Waals surface area contributed by atoms with Gasteiger partial charge in [0.25, 0.3) is 0 Å². The summed E-state index contributed by atoms with van der Waals surface area (Å²) in [5.74, 6) is 0.722. The highest BCUT2D eigenvalue weighted by Gasteiger charge is 2.42. The third-order valence-electron chi connectivity index (χ3n) is 5.00. The lowest BCUT2D eigenvalue weighted by Crippen LogP contribution is -2.51. The second kappa shape index (κ2) is 8.24. The van der Waals surface area contributed by atoms with Gasteiger partial charge in [-0.05, 0) is 24.5 Å². The van der Waals surface area contributed by atoms with Crippen LogP contribution in [-0.2, 0) is 11.3 Å². The van der Waals surface area contributed by atoms with E-state index in [-0.39, 0.29) is 17.2 Å². The van der Waals surface area contributed by atoms with Gasteiger partial charge in [-0.3, -0.25) is 9.79 Å². The summed E-state index contributed by atoms with van der Waals surface area (Å²) in [5, 5.41) is 6.15. The number of alkyl halides is 3. The van der Waals surface area contributed by atoms with Crippen LogP contribution in [0.3, 0.4) is 0 Å². The molecule has 7 nitrogen and oxygen atoms in total. The Morgan fingerprint density at radius 3 is 3.00 bits per heavy atom. The monoisotopic (exact) mass is 399 g/mol. The fraction of sp³-hybridized carbons (Fsp3) is 0.611. The second-order valence-electron chi connectivity index (χ2n) is 7.29. The molecule has 3 rings (SSSR count). The minimum Gasteiger partial charge on any atom is -0.468 e. The molecule has 3 heterocycles. The first-order valence-electron chi connectivity index (χ1n) is 9.15. The molecule has 1 unspecified atom stereocenters. The average molecular weight is 399 g/mol. The number of amides is 1. The van der Waals surface area contributed by atoms with Crippen molar-refractivity contribution in [2.75, 3.05) is 33.3 Å². The van der Waals surface area contributed by atoms with Crippen molar-refractivity contribution in [3.8, 4) is 5.88 Å². The number of rotatable bonds is 4. The molecule has 0 bridgehead atoms. The molecule has 1 aromatic rings. The number of piperidine rings is 1. The Balaban J connectivity index is 1.58. The van der Waals surface area contributed by atoms with E-state index in [0.717, 1.165) is 31.5 Å². The number of hydrogen-bond donors (Lipinski definition) is 2. The quantitative estimate of drug-likeness (QED) is 0.595. The Morgan fingerprint density at radius 1 is 1.50 bits per heavy atom. The highest BCUT2D eigenvalue weighted by Crippen LogP contribution is 2.36. The van der Waals surface area contributed by atoms with Gasteiger partial charge in [0.15, 0.2) is 12.6 Å². The summed E-state index contributed by atoms with van der Waals surface area (Å²) in [7, 11) is 1.69. The molecule has 10 heteroatoms. The van der Waals surface area contributed by atoms with Crippen molar-refractivity contribution in [1.29, 1.82) is 0 Å². The van der Waals surface area contributed by atoms with Crippen molar-refractivity contribution in [3.05, 3.63) is 23.9 Å². The van der Waals surface area contributed by atoms with Crippen molar-refractivity contribution in [3.63, 3.8) is 0 Å². The van der Waals surface area contributed by atoms with Crippen molar-refractivity contribution in [2.45, 2.75) is 32.0 Å². The van der Waals surface area contributed by atoms with Crippen LogP contribution in [0.1, 0.15) is 24.8 Å². The van der Waals surface area contributed by atoms with Crippen LogP contribution in [0, 0.1) is 5.41 Å². The van der Waals surface area contributed by atoms with Gasteiger partial charge in [0.1, 0.15) is 0 Å². The maximum atomic E-state index is 12.3. The first-order valence-corrected chi connectivity index (χ1v) is 9.15. The van der Waals surface area contributed by atoms with Gasteiger partial charge in [0, 0.05) is 57.3 Å². The lowest BCUT2D eigenvalue weighted by Gasteiger charge is -2.40. The molecule has 2 aliphatic rings. The van der Waals surface area contributed by atoms with E-state index in [4.69, 9.17) is 4.74 Å². The van der Waals surface area contributed by atoms with Crippen LogP contribution in [0.2, 0.25) is 0 Å². The zero-order valence-electron chi connectivity index (χ0n) is 15.7. The summed E-state index contributed by atoms with van der Waals surface area (Å²) in [6, 6.07) is 3.18. The van der Waals surface area contributed by atoms with E-state index < -0.39 is 12.8 Å². The smallest absolute Gasteiger partial charge is 0.422 e. The summed E-state index contributed by atoms with van der Waals surface area (Å²) in [4.78, 5) is 21.9. The third-order valence-corrected chi connectivity index (χ3v) is 5.00. The number of nitrogens with one attached hydrogen (secondary N) is 2. The molecule has 0 aliphatic carbocycles. The minimum absolute atomic E-state index is 0.0533. The fourth-order valence-corrected chi connectivity index (χ4v) is 3.74. The lowest BCUT2D eigenvalue weighted by molar-refractivity contribution is -0.154. The topological polar surface area (TPSA) is 78.9 Å². The Hall–Kier alpha value is -2.52. The predicted molar refractivity (Wildman–Crippen MR) is 96.9 cm³/mol. The number of nitrogens with zero attached hydrogens (tertiary/aromatic N) is 3. The van der Waals surface area contributed by atoms with E-state index in [0.29, 0.717) is 25.5 Å². The Bertz CT molecular complexity index is 740. The van der Waals surface area contributed by atoms with E-state index in [1.165, 1.54) is 12.3 Å². The zero-order valence-corrected chi connectivity index (χ0v) is 15.7. The molecule has 28 heavy (non-hydrogen) atoms. The number of likely N-dealkylation sites (tertiary alicyclic amines) is 1. The Labute approximate surface area is 161 Å². The SMILES string of the molecule is CN=C(NCc1ccnc(OCC(F)(F)F)c1)N1CCCC2(CNC(=O)C2)C1. The van der Waals surface area contributed by atoms with Crippen LogP contribution in [0.4, 0.5) is 13.2 Å². The van der Waals surface area contributed by atoms with Gasteiger partial charge < -0.3 is 20.3 Å². The summed E-state index contributed by atoms with van der Waals surface area (Å²) in [6.45, 7) is 1.26. The van der Waals surface area contributed by atoms with Crippen LogP contribution in [0.25, 0.3) is 0 Å². The Morgan fingerprint density at radius 2 is 2.32 bits per heavy atom. The highest BCUT2D eigenvalue weighted by molar-refractivity contribution is 5.81. The molecular weight excluding hydrogens is 375 g/mol. The number of aromatic nitrogens is 1. The number of aliphatic imine (C=N–C) groups is 1. The number of pyridine rings is 1. The van der Waals surface area contributed by atoms with Crippen molar-refractivity contribution < 1.29 is 22.7 Å². The van der Waals surface area contributed by atoms with E-state index in [1.807, 2.05) is 0 Å². The number of carbonyl (C=O) groups is 1. The van der Waals surface area contributed by atoms with Crippen molar-refractivity contribution >= 4 is 11.9 Å². The summed E-state index contributed by atoms with van der Waals surface area (Å²) in [5.41, 5.74) is 0.681. The van der Waals surface area contributed by atoms with Crippen LogP contribution in [0.15, 0.2) is 23.3 Å². The molecule has 2 N–H and O–H groups in total. The Kier molecular flexibility index (Phi) is 5.95. The fourth-order valence-electron chi connectivity index (χ4n) is 3.74. The first kappa shape index (κ1) is 20.2. The van der Waals surface area contributed by atoms with Crippen LogP contribution in [0.5, 0.6) is 5.88 Å². The maximum absolute atomic E-state index is 12.3. The van der Waals surface area contributed by atoms with Crippen molar-refractivity contribution in [1.82, 2.24) is 20.5 Å². The van der Waals surface area contributed by atoms with Gasteiger partial charge >= 0.3 is 6.18 Å². The number of carbonyl (C=O) groups excluding carboxylic acids is 1. The molecule has 0 radical (unpaired) electrons. The number of halogens is 3. The van der Waals surface area contributed by atoms with Crippen LogP contribution >= 0.6 is 0 Å². The molecule has 1 aromatic heterocycles. The van der Waals surface area contributed by atoms with Crippen molar-refractivity contribution in [2.24, 2.45) is 10.4 Å². The number of hydrogen-bond acceptors (Lipinski definition) is 4. The molecule has 2 fully saturated rings. The summed E-state index contributed by atoms with van der Waals surface area (Å²) >= 11 is 0. The lowest BCUT2D eigenvalue weighted by atomic mass is 9.79. The van der Waals surface area contributed by atoms with Gasteiger partial charge in [0.05, 0.1) is 0 Å². The molecule has 0 saturated carbocycles. The molecule has 154 valence electrons. The standard InChI is InChI=1S/C18H24F3N5O2/c1-22-16(26-6-2-4-17(11-26)8-14(27)25-10-17)24-9-13-3-5-23-15(7-13)28-12-18(19,20)21/h3,5,7H,2,4,6,8-12H2,1H3,(H,22,24)(H,25,27). The molecular formula is C18H24F3N5O2. The zero-order chi connectivity index (χ0) is 20.2. The van der Waals surface area contributed by atoms with E-state index >= 15 is 0 Å².